The van der Waals surface area contributed by atoms with Gasteiger partial charge in [0, 0.05) is 6.54 Å². The highest BCUT2D eigenvalue weighted by atomic mass is 16.1. The number of aryl methyl sites for hydroxylation is 1. The van der Waals surface area contributed by atoms with E-state index in [0.29, 0.717) is 5.92 Å². The van der Waals surface area contributed by atoms with Gasteiger partial charge in [0.15, 0.2) is 0 Å². The fraction of sp³-hybridized carbons (Fsp3) is 0.381. The van der Waals surface area contributed by atoms with Crippen molar-refractivity contribution in [1.82, 2.24) is 4.90 Å². The lowest BCUT2D eigenvalue weighted by Gasteiger charge is -2.37. The summed E-state index contributed by atoms with van der Waals surface area (Å²) in [6.45, 7) is 3.98. The fourth-order valence-corrected chi connectivity index (χ4v) is 3.75. The Morgan fingerprint density at radius 1 is 1.17 bits per heavy atom. The average Bonchev–Trinajstić information content (AvgIpc) is 2.58. The second-order valence-electron chi connectivity index (χ2n) is 6.91. The topological polar surface area (TPSA) is 46.3 Å². The standard InChI is InChI=1S/C21H26N2O/c1-16-9-11-17(12-10-16)14-18-6-5-13-23(15-18)20(21(22)24)19-7-3-2-4-8-19/h2-4,7-12,18,20H,5-6,13-15H2,1H3,(H2,22,24). The molecule has 1 heterocycles. The molecule has 2 aromatic rings. The third-order valence-corrected chi connectivity index (χ3v) is 4.95. The zero-order valence-electron chi connectivity index (χ0n) is 14.3. The molecule has 2 unspecified atom stereocenters. The molecule has 24 heavy (non-hydrogen) atoms. The van der Waals surface area contributed by atoms with Crippen molar-refractivity contribution in [3.63, 3.8) is 0 Å². The summed E-state index contributed by atoms with van der Waals surface area (Å²) in [5.41, 5.74) is 9.41. The van der Waals surface area contributed by atoms with E-state index in [1.54, 1.807) is 0 Å². The van der Waals surface area contributed by atoms with E-state index in [4.69, 9.17) is 5.73 Å². The summed E-state index contributed by atoms with van der Waals surface area (Å²) in [5.74, 6) is 0.323. The number of benzene rings is 2. The summed E-state index contributed by atoms with van der Waals surface area (Å²) >= 11 is 0. The van der Waals surface area contributed by atoms with E-state index in [1.807, 2.05) is 30.3 Å². The normalized spacial score (nSPS) is 19.8. The predicted octanol–water partition coefficient (Wildman–Crippen LogP) is 3.48. The largest absolute Gasteiger partial charge is 0.368 e. The lowest BCUT2D eigenvalue weighted by atomic mass is 9.89. The van der Waals surface area contributed by atoms with Gasteiger partial charge >= 0.3 is 0 Å². The first-order valence-electron chi connectivity index (χ1n) is 8.77. The maximum atomic E-state index is 12.1. The Kier molecular flexibility index (Phi) is 5.31. The molecule has 0 spiro atoms. The smallest absolute Gasteiger partial charge is 0.239 e. The van der Waals surface area contributed by atoms with Crippen LogP contribution in [0.3, 0.4) is 0 Å². The van der Waals surface area contributed by atoms with Gasteiger partial charge in [0.05, 0.1) is 0 Å². The number of piperidine rings is 1. The molecule has 3 rings (SSSR count). The van der Waals surface area contributed by atoms with Crippen LogP contribution in [0.5, 0.6) is 0 Å². The van der Waals surface area contributed by atoms with E-state index >= 15 is 0 Å². The number of rotatable bonds is 5. The summed E-state index contributed by atoms with van der Waals surface area (Å²) in [6.07, 6.45) is 3.40. The summed E-state index contributed by atoms with van der Waals surface area (Å²) in [7, 11) is 0. The molecule has 1 fully saturated rings. The van der Waals surface area contributed by atoms with Crippen LogP contribution in [0.2, 0.25) is 0 Å². The minimum absolute atomic E-state index is 0.253. The number of hydrogen-bond donors (Lipinski definition) is 1. The number of carbonyl (C=O) groups excluding carboxylic acids is 1. The SMILES string of the molecule is Cc1ccc(CC2CCCN(C(C(N)=O)c3ccccc3)C2)cc1. The summed E-state index contributed by atoms with van der Waals surface area (Å²) in [5, 5.41) is 0. The number of likely N-dealkylation sites (tertiary alicyclic amines) is 1. The molecule has 2 N–H and O–H groups in total. The molecule has 1 amide bonds. The molecule has 2 aromatic carbocycles. The van der Waals surface area contributed by atoms with Crippen LogP contribution in [0.4, 0.5) is 0 Å². The second kappa shape index (κ2) is 7.63. The van der Waals surface area contributed by atoms with Gasteiger partial charge in [-0.3, -0.25) is 9.69 Å². The fourth-order valence-electron chi connectivity index (χ4n) is 3.75. The van der Waals surface area contributed by atoms with Crippen molar-refractivity contribution >= 4 is 5.91 Å². The van der Waals surface area contributed by atoms with E-state index in [0.717, 1.165) is 31.5 Å². The van der Waals surface area contributed by atoms with Crippen molar-refractivity contribution in [3.05, 3.63) is 71.3 Å². The predicted molar refractivity (Wildman–Crippen MR) is 97.6 cm³/mol. The maximum absolute atomic E-state index is 12.1. The van der Waals surface area contributed by atoms with Crippen LogP contribution in [-0.2, 0) is 11.2 Å². The van der Waals surface area contributed by atoms with Crippen molar-refractivity contribution in [2.45, 2.75) is 32.2 Å². The average molecular weight is 322 g/mol. The highest BCUT2D eigenvalue weighted by molar-refractivity contribution is 5.81. The Morgan fingerprint density at radius 2 is 1.88 bits per heavy atom. The van der Waals surface area contributed by atoms with E-state index < -0.39 is 0 Å². The molecule has 1 aliphatic rings. The molecule has 0 aromatic heterocycles. The van der Waals surface area contributed by atoms with Gasteiger partial charge in [-0.2, -0.15) is 0 Å². The maximum Gasteiger partial charge on any atom is 0.239 e. The number of nitrogens with two attached hydrogens (primary N) is 1. The molecule has 0 saturated carbocycles. The van der Waals surface area contributed by atoms with E-state index in [9.17, 15) is 4.79 Å². The summed E-state index contributed by atoms with van der Waals surface area (Å²) < 4.78 is 0. The van der Waals surface area contributed by atoms with Crippen LogP contribution in [0.1, 0.15) is 35.6 Å². The van der Waals surface area contributed by atoms with Crippen LogP contribution in [0.15, 0.2) is 54.6 Å². The summed E-state index contributed by atoms with van der Waals surface area (Å²) in [4.78, 5) is 14.3. The van der Waals surface area contributed by atoms with Gasteiger partial charge in [-0.15, -0.1) is 0 Å². The number of amides is 1. The van der Waals surface area contributed by atoms with Crippen LogP contribution in [0.25, 0.3) is 0 Å². The highest BCUT2D eigenvalue weighted by Crippen LogP contribution is 2.28. The van der Waals surface area contributed by atoms with Gasteiger partial charge in [0.2, 0.25) is 5.91 Å². The Labute approximate surface area is 144 Å². The first-order valence-corrected chi connectivity index (χ1v) is 8.77. The molecular weight excluding hydrogens is 296 g/mol. The van der Waals surface area contributed by atoms with Crippen molar-refractivity contribution in [2.75, 3.05) is 13.1 Å². The monoisotopic (exact) mass is 322 g/mol. The van der Waals surface area contributed by atoms with Gasteiger partial charge in [-0.05, 0) is 49.8 Å². The van der Waals surface area contributed by atoms with Gasteiger partial charge in [0.25, 0.3) is 0 Å². The highest BCUT2D eigenvalue weighted by Gasteiger charge is 2.30. The molecule has 0 radical (unpaired) electrons. The molecule has 3 heteroatoms. The van der Waals surface area contributed by atoms with Gasteiger partial charge < -0.3 is 5.73 Å². The van der Waals surface area contributed by atoms with Crippen LogP contribution in [0, 0.1) is 12.8 Å². The molecule has 0 bridgehead atoms. The zero-order chi connectivity index (χ0) is 16.9. The number of primary amides is 1. The summed E-state index contributed by atoms with van der Waals surface area (Å²) in [6, 6.07) is 18.4. The number of nitrogens with zero attached hydrogens (tertiary/aromatic N) is 1. The van der Waals surface area contributed by atoms with Crippen molar-refractivity contribution in [1.29, 1.82) is 0 Å². The molecule has 126 valence electrons. The molecule has 1 aliphatic heterocycles. The Morgan fingerprint density at radius 3 is 2.54 bits per heavy atom. The lowest BCUT2D eigenvalue weighted by molar-refractivity contribution is -0.124. The first-order chi connectivity index (χ1) is 11.6. The Hall–Kier alpha value is -2.13. The second-order valence-corrected chi connectivity index (χ2v) is 6.91. The zero-order valence-corrected chi connectivity index (χ0v) is 14.3. The minimum atomic E-state index is -0.313. The van der Waals surface area contributed by atoms with Crippen molar-refractivity contribution in [3.8, 4) is 0 Å². The van der Waals surface area contributed by atoms with Crippen molar-refractivity contribution < 1.29 is 4.79 Å². The van der Waals surface area contributed by atoms with Crippen LogP contribution >= 0.6 is 0 Å². The molecule has 0 aliphatic carbocycles. The third-order valence-electron chi connectivity index (χ3n) is 4.95. The first kappa shape index (κ1) is 16.7. The molecule has 2 atom stereocenters. The van der Waals surface area contributed by atoms with Gasteiger partial charge in [-0.1, -0.05) is 60.2 Å². The number of hydrogen-bond acceptors (Lipinski definition) is 2. The van der Waals surface area contributed by atoms with E-state index in [1.165, 1.54) is 17.5 Å². The molecule has 1 saturated heterocycles. The molecule has 3 nitrogen and oxygen atoms in total. The quantitative estimate of drug-likeness (QED) is 0.916. The number of carbonyl (C=O) groups is 1. The van der Waals surface area contributed by atoms with Crippen LogP contribution in [-0.4, -0.2) is 23.9 Å². The third kappa shape index (κ3) is 4.04. The van der Waals surface area contributed by atoms with Gasteiger partial charge in [-0.25, -0.2) is 0 Å². The molecular formula is C21H26N2O. The Balaban J connectivity index is 1.71. The lowest BCUT2D eigenvalue weighted by Crippen LogP contribution is -2.44. The minimum Gasteiger partial charge on any atom is -0.368 e. The van der Waals surface area contributed by atoms with E-state index in [2.05, 4.69) is 36.1 Å². The van der Waals surface area contributed by atoms with E-state index in [-0.39, 0.29) is 11.9 Å². The Bertz CT molecular complexity index is 666. The van der Waals surface area contributed by atoms with Crippen LogP contribution < -0.4 is 5.73 Å². The van der Waals surface area contributed by atoms with Gasteiger partial charge in [0.1, 0.15) is 6.04 Å². The van der Waals surface area contributed by atoms with Crippen molar-refractivity contribution in [2.24, 2.45) is 11.7 Å².